The summed E-state index contributed by atoms with van der Waals surface area (Å²) in [5, 5.41) is 7.87. The molecule has 1 saturated heterocycles. The summed E-state index contributed by atoms with van der Waals surface area (Å²) in [6.45, 7) is 6.15. The zero-order valence-electron chi connectivity index (χ0n) is 19.1. The molecule has 1 atom stereocenters. The molecule has 174 valence electrons. The molecule has 2 heterocycles. The Morgan fingerprint density at radius 3 is 2.70 bits per heavy atom. The van der Waals surface area contributed by atoms with Gasteiger partial charge in [0.15, 0.2) is 0 Å². The molecule has 1 fully saturated rings. The highest BCUT2D eigenvalue weighted by Crippen LogP contribution is 2.18. The van der Waals surface area contributed by atoms with Crippen molar-refractivity contribution in [2.45, 2.75) is 46.1 Å². The predicted molar refractivity (Wildman–Crippen MR) is 126 cm³/mol. The standard InChI is InChI=1S/C24H29N5O4/c1-15-7-8-19(12-16(15)2)27-24(33)26-14-18-6-4-5-11-25-17(3)29(22(31)13-18)20-9-10-21(30)28-23(20)32/h4-8,12,20H,9-11,13-14H2,1-3H3,(H2,26,27,33)(H,28,30,32)/b5-4-,18-6+,25-17-. The smallest absolute Gasteiger partial charge is 0.319 e. The Kier molecular flexibility index (Phi) is 7.76. The third-order valence-electron chi connectivity index (χ3n) is 5.65. The number of aryl methyl sites for hydroxylation is 2. The van der Waals surface area contributed by atoms with Crippen LogP contribution in [0.5, 0.6) is 0 Å². The number of carbonyl (C=O) groups is 4. The van der Waals surface area contributed by atoms with E-state index < -0.39 is 11.9 Å². The number of amidine groups is 1. The molecule has 2 aliphatic heterocycles. The van der Waals surface area contributed by atoms with Gasteiger partial charge in [0, 0.05) is 18.7 Å². The van der Waals surface area contributed by atoms with Crippen LogP contribution in [-0.4, -0.2) is 53.6 Å². The van der Waals surface area contributed by atoms with Crippen molar-refractivity contribution in [3.63, 3.8) is 0 Å². The zero-order valence-corrected chi connectivity index (χ0v) is 19.1. The van der Waals surface area contributed by atoms with E-state index in [9.17, 15) is 19.2 Å². The van der Waals surface area contributed by atoms with Gasteiger partial charge in [-0.25, -0.2) is 4.79 Å². The fraction of sp³-hybridized carbons (Fsp3) is 0.375. The molecule has 3 N–H and O–H groups in total. The highest BCUT2D eigenvalue weighted by Gasteiger charge is 2.36. The molecule has 0 aliphatic carbocycles. The number of hydrogen-bond donors (Lipinski definition) is 3. The molecule has 1 aromatic rings. The van der Waals surface area contributed by atoms with Crippen LogP contribution in [0.15, 0.2) is 47.0 Å². The Hall–Kier alpha value is -3.75. The topological polar surface area (TPSA) is 120 Å². The SMILES string of the molecule is C/C1=N/C/C=C\C=C(\CNC(=O)Nc2ccc(C)c(C)c2)CC(=O)N1C1CCC(=O)NC1=O. The van der Waals surface area contributed by atoms with Crippen LogP contribution in [0.25, 0.3) is 0 Å². The number of piperidine rings is 1. The number of rotatable bonds is 4. The number of nitrogens with one attached hydrogen (secondary N) is 3. The summed E-state index contributed by atoms with van der Waals surface area (Å²) in [6.07, 6.45) is 5.80. The highest BCUT2D eigenvalue weighted by atomic mass is 16.2. The van der Waals surface area contributed by atoms with E-state index in [0.717, 1.165) is 11.1 Å². The molecule has 0 radical (unpaired) electrons. The van der Waals surface area contributed by atoms with Gasteiger partial charge in [-0.15, -0.1) is 0 Å². The fourth-order valence-electron chi connectivity index (χ4n) is 3.68. The van der Waals surface area contributed by atoms with Gasteiger partial charge >= 0.3 is 6.03 Å². The predicted octanol–water partition coefficient (Wildman–Crippen LogP) is 2.36. The Labute approximate surface area is 193 Å². The minimum absolute atomic E-state index is 0.00114. The van der Waals surface area contributed by atoms with Crippen molar-refractivity contribution < 1.29 is 19.2 Å². The van der Waals surface area contributed by atoms with Crippen LogP contribution in [0.1, 0.15) is 37.3 Å². The van der Waals surface area contributed by atoms with E-state index in [1.807, 2.05) is 38.1 Å². The van der Waals surface area contributed by atoms with Crippen molar-refractivity contribution in [3.8, 4) is 0 Å². The van der Waals surface area contributed by atoms with E-state index in [0.29, 0.717) is 23.6 Å². The van der Waals surface area contributed by atoms with Crippen molar-refractivity contribution >= 4 is 35.3 Å². The number of urea groups is 1. The molecule has 2 aliphatic rings. The molecule has 1 unspecified atom stereocenters. The summed E-state index contributed by atoms with van der Waals surface area (Å²) in [6, 6.07) is 4.49. The molecule has 1 aromatic carbocycles. The average molecular weight is 452 g/mol. The third kappa shape index (κ3) is 6.38. The molecule has 0 spiro atoms. The summed E-state index contributed by atoms with van der Waals surface area (Å²) in [4.78, 5) is 55.2. The van der Waals surface area contributed by atoms with Gasteiger partial charge in [0.2, 0.25) is 17.7 Å². The third-order valence-corrected chi connectivity index (χ3v) is 5.65. The Balaban J connectivity index is 1.68. The van der Waals surface area contributed by atoms with Gasteiger partial charge in [-0.1, -0.05) is 24.3 Å². The number of imide groups is 1. The van der Waals surface area contributed by atoms with E-state index >= 15 is 0 Å². The van der Waals surface area contributed by atoms with Crippen LogP contribution in [0.3, 0.4) is 0 Å². The first-order chi connectivity index (χ1) is 15.7. The molecule has 9 heteroatoms. The van der Waals surface area contributed by atoms with Gasteiger partial charge in [0.25, 0.3) is 0 Å². The van der Waals surface area contributed by atoms with Crippen molar-refractivity contribution in [2.24, 2.45) is 4.99 Å². The molecule has 5 amide bonds. The lowest BCUT2D eigenvalue weighted by Gasteiger charge is -2.33. The Bertz CT molecular complexity index is 1060. The van der Waals surface area contributed by atoms with E-state index in [-0.39, 0.29) is 43.7 Å². The molecule has 9 nitrogen and oxygen atoms in total. The quantitative estimate of drug-likeness (QED) is 0.609. The molecular weight excluding hydrogens is 422 g/mol. The average Bonchev–Trinajstić information content (AvgIpc) is 2.75. The second-order valence-corrected chi connectivity index (χ2v) is 8.16. The minimum Gasteiger partial charge on any atom is -0.334 e. The van der Waals surface area contributed by atoms with E-state index in [4.69, 9.17) is 0 Å². The van der Waals surface area contributed by atoms with Gasteiger partial charge in [-0.05, 0) is 56.0 Å². The second-order valence-electron chi connectivity index (χ2n) is 8.16. The van der Waals surface area contributed by atoms with Crippen LogP contribution in [0.4, 0.5) is 10.5 Å². The summed E-state index contributed by atoms with van der Waals surface area (Å²) in [7, 11) is 0. The molecular formula is C24H29N5O4. The number of hydrogen-bond acceptors (Lipinski definition) is 5. The van der Waals surface area contributed by atoms with Gasteiger partial charge in [-0.3, -0.25) is 29.6 Å². The van der Waals surface area contributed by atoms with E-state index in [1.54, 1.807) is 19.1 Å². The number of benzene rings is 1. The number of allylic oxidation sites excluding steroid dienone is 2. The van der Waals surface area contributed by atoms with Crippen LogP contribution in [0.2, 0.25) is 0 Å². The molecule has 0 saturated carbocycles. The summed E-state index contributed by atoms with van der Waals surface area (Å²) in [5.41, 5.74) is 3.57. The summed E-state index contributed by atoms with van der Waals surface area (Å²) in [5.74, 6) is -0.746. The lowest BCUT2D eigenvalue weighted by Crippen LogP contribution is -2.56. The lowest BCUT2D eigenvalue weighted by molar-refractivity contribution is -0.142. The first-order valence-corrected chi connectivity index (χ1v) is 10.9. The summed E-state index contributed by atoms with van der Waals surface area (Å²) >= 11 is 0. The number of aliphatic imine (C=N–C) groups is 1. The van der Waals surface area contributed by atoms with E-state index in [2.05, 4.69) is 20.9 Å². The molecule has 0 aromatic heterocycles. The minimum atomic E-state index is -0.787. The van der Waals surface area contributed by atoms with E-state index in [1.165, 1.54) is 4.90 Å². The monoisotopic (exact) mass is 451 g/mol. The highest BCUT2D eigenvalue weighted by molar-refractivity contribution is 6.07. The first-order valence-electron chi connectivity index (χ1n) is 10.9. The molecule has 0 bridgehead atoms. The van der Waals surface area contributed by atoms with Gasteiger partial charge in [-0.2, -0.15) is 0 Å². The van der Waals surface area contributed by atoms with Gasteiger partial charge in [0.1, 0.15) is 11.9 Å². The second kappa shape index (κ2) is 10.7. The van der Waals surface area contributed by atoms with Crippen molar-refractivity contribution in [1.82, 2.24) is 15.5 Å². The van der Waals surface area contributed by atoms with Gasteiger partial charge < -0.3 is 10.6 Å². The largest absolute Gasteiger partial charge is 0.334 e. The van der Waals surface area contributed by atoms with Crippen molar-refractivity contribution in [1.29, 1.82) is 0 Å². The maximum absolute atomic E-state index is 13.2. The maximum Gasteiger partial charge on any atom is 0.319 e. The van der Waals surface area contributed by atoms with Crippen LogP contribution < -0.4 is 16.0 Å². The zero-order chi connectivity index (χ0) is 24.0. The Morgan fingerprint density at radius 2 is 1.97 bits per heavy atom. The van der Waals surface area contributed by atoms with Crippen LogP contribution in [0, 0.1) is 13.8 Å². The summed E-state index contributed by atoms with van der Waals surface area (Å²) < 4.78 is 0. The van der Waals surface area contributed by atoms with Gasteiger partial charge in [0.05, 0.1) is 13.0 Å². The number of carbonyl (C=O) groups excluding carboxylic acids is 4. The fourth-order valence-corrected chi connectivity index (χ4v) is 3.68. The van der Waals surface area contributed by atoms with Crippen LogP contribution in [-0.2, 0) is 14.4 Å². The lowest BCUT2D eigenvalue weighted by atomic mass is 10.0. The number of nitrogens with zero attached hydrogens (tertiary/aromatic N) is 2. The number of anilines is 1. The first kappa shape index (κ1) is 23.9. The van der Waals surface area contributed by atoms with Crippen LogP contribution >= 0.6 is 0 Å². The Morgan fingerprint density at radius 1 is 1.18 bits per heavy atom. The normalized spacial score (nSPS) is 23.5. The molecule has 3 rings (SSSR count). The number of amides is 5. The van der Waals surface area contributed by atoms with Crippen molar-refractivity contribution in [3.05, 3.63) is 53.1 Å². The maximum atomic E-state index is 13.2. The molecule has 33 heavy (non-hydrogen) atoms. The van der Waals surface area contributed by atoms with Crippen molar-refractivity contribution in [2.75, 3.05) is 18.4 Å².